The van der Waals surface area contributed by atoms with Gasteiger partial charge in [0, 0.05) is 79.0 Å². The maximum absolute atomic E-state index is 13.6. The average molecular weight is 1640 g/mol. The first-order chi connectivity index (χ1) is 51.0. The fourth-order valence-electron chi connectivity index (χ4n) is 12.6. The molecule has 0 saturated heterocycles. The minimum atomic E-state index is -1.15. The second-order valence-electron chi connectivity index (χ2n) is 28.1. The van der Waals surface area contributed by atoms with E-state index in [4.69, 9.17) is 26.6 Å². The van der Waals surface area contributed by atoms with E-state index in [9.17, 15) is 72.2 Å². The predicted octanol–water partition coefficient (Wildman–Crippen LogP) is 0.261. The minimum Gasteiger partial charge on any atom is -1.00 e. The van der Waals surface area contributed by atoms with Gasteiger partial charge in [0.15, 0.2) is 29.4 Å². The summed E-state index contributed by atoms with van der Waals surface area (Å²) in [5.41, 5.74) is 11.7. The number of primary amides is 2. The summed E-state index contributed by atoms with van der Waals surface area (Å²) < 4.78 is 1.56. The SMILES string of the molecule is CCCCC(=O)N[C@H](CC(N)=O)C(=O)C[C@@H](C)CCc1c2c(cc(=O)n1Cc1nc(C3=N[C@H](C(=O)O)CS3)cs1)C1(CC1)NC2=O.CCCCCCCCCCCCCC(=O)N[C@H](CC(N)=O)C(=O)C[C@@H](C)CCC(=O)CC(=O)NC1(C(=O)CC(=O)CCc2nc(C3=N[C@H](C(=O)O)CS3)cs2)CC1.O=CO[O-].[H-].[K+].[K+]. The Morgan fingerprint density at radius 2 is 1.13 bits per heavy atom. The monoisotopic (exact) mass is 1640 g/mol. The van der Waals surface area contributed by atoms with Crippen LogP contribution in [-0.4, -0.2) is 159 Å². The third-order valence-corrected chi connectivity index (χ3v) is 22.8. The number of thioether (sulfide) groups is 2. The second kappa shape index (κ2) is 49.0. The molecular formula is C73H101K2N11O19S4. The van der Waals surface area contributed by atoms with Gasteiger partial charge in [-0.25, -0.2) is 19.6 Å². The number of hydrogen-bond acceptors (Lipinski definition) is 25. The van der Waals surface area contributed by atoms with Gasteiger partial charge in [0.2, 0.25) is 29.5 Å². The number of carbonyl (C=O) groups is 14. The van der Waals surface area contributed by atoms with Gasteiger partial charge in [0.05, 0.1) is 66.0 Å². The van der Waals surface area contributed by atoms with Crippen molar-refractivity contribution >= 4 is 139 Å². The molecule has 3 aromatic rings. The summed E-state index contributed by atoms with van der Waals surface area (Å²) in [5, 5.41) is 43.8. The smallest absolute Gasteiger partial charge is 1.00 e. The van der Waals surface area contributed by atoms with E-state index in [1.54, 1.807) is 22.3 Å². The van der Waals surface area contributed by atoms with Gasteiger partial charge in [-0.05, 0) is 75.2 Å². The molecule has 6 amide bonds. The fraction of sp³-hybridized carbons (Fsp3) is 0.630. The number of pyridine rings is 1. The molecule has 30 nitrogen and oxygen atoms in total. The molecule has 0 bridgehead atoms. The summed E-state index contributed by atoms with van der Waals surface area (Å²) in [6.45, 7) is 7.76. The Labute approximate surface area is 736 Å². The maximum Gasteiger partial charge on any atom is 1.00 e. The molecule has 0 radical (unpaired) electrons. The van der Waals surface area contributed by atoms with Crippen molar-refractivity contribution < 1.29 is 192 Å². The van der Waals surface area contributed by atoms with Gasteiger partial charge in [-0.1, -0.05) is 98.3 Å². The largest absolute Gasteiger partial charge is 1.00 e. The first-order valence-corrected chi connectivity index (χ1v) is 40.4. The van der Waals surface area contributed by atoms with Crippen molar-refractivity contribution in [3.05, 3.63) is 65.4 Å². The van der Waals surface area contributed by atoms with Crippen molar-refractivity contribution in [2.75, 3.05) is 11.5 Å². The number of nitrogens with one attached hydrogen (secondary N) is 4. The molecule has 588 valence electrons. The molecule has 0 unspecified atom stereocenters. The molecule has 2 fully saturated rings. The third kappa shape index (κ3) is 32.5. The molecule has 1 spiro atoms. The average Bonchev–Trinajstić information content (AvgIpc) is 1.55. The molecule has 5 aliphatic rings. The quantitative estimate of drug-likeness (QED) is 0.00938. The number of unbranched alkanes of at least 4 members (excludes halogenated alkanes) is 11. The zero-order chi connectivity index (χ0) is 78.4. The number of ketones is 5. The molecule has 0 aromatic carbocycles. The van der Waals surface area contributed by atoms with Crippen molar-refractivity contribution in [3.63, 3.8) is 0 Å². The number of aromatic nitrogens is 3. The molecule has 3 aliphatic heterocycles. The van der Waals surface area contributed by atoms with Gasteiger partial charge in [-0.2, -0.15) is 0 Å². The van der Waals surface area contributed by atoms with E-state index >= 15 is 0 Å². The number of Topliss-reactive ketones (excluding diaryl/α,β-unsaturated/α-hetero) is 5. The van der Waals surface area contributed by atoms with E-state index < -0.39 is 77.1 Å². The van der Waals surface area contributed by atoms with E-state index in [0.717, 1.165) is 38.5 Å². The zero-order valence-corrected chi connectivity index (χ0v) is 72.7. The number of rotatable bonds is 49. The molecule has 10 N–H and O–H groups in total. The maximum atomic E-state index is 13.6. The molecule has 2 aliphatic carbocycles. The number of carboxylic acid groups (broad SMARTS) is 2. The van der Waals surface area contributed by atoms with Crippen LogP contribution in [0, 0.1) is 11.8 Å². The summed E-state index contributed by atoms with van der Waals surface area (Å²) in [7, 11) is 0. The Hall–Kier alpha value is -4.94. The third-order valence-electron chi connectivity index (χ3n) is 18.9. The Morgan fingerprint density at radius 1 is 0.651 bits per heavy atom. The standard InChI is InChI=1S/C41H61N5O9S2.C31H38N6O7S2.CH2O3.2K.H/c1-3-4-5-6-7-8-9-10-11-12-13-14-36(52)43-30(24-35(42)51)33(49)21-27(2)15-16-29(48)23-37(53)46-41(19-20-41)34(50)22-28(47)17-18-38-44-31(25-56-38)39-45-32(26-57-39)40(54)55;1-3-4-5-24(40)33-18(12-23(32)39)22(38)10-16(2)6-7-21-27-17(31(8-9-31)36-28(27)42)11-26(41)37(21)13-25-34-19(14-45-25)29-35-20(15-46-29)30(43)44;2-1-4-3;;;/h25,27,30,32H,3-24,26H2,1-2H3,(H2,42,51)(H,43,52)(H,46,53)(H,54,55);11,14,16,18,20H,3-10,12-13,15H2,1-2H3,(H2,32,39)(H,33,40)(H,36,42)(H,43,44);1,3H;;;/q;;;2*+1;-1/p-1/t27-,30+,32-;16-,18+,20-;;;;/m00..../s1. The summed E-state index contributed by atoms with van der Waals surface area (Å²) in [4.78, 5) is 204. The number of thiazole rings is 2. The Kier molecular flexibility index (Phi) is 43.3. The zero-order valence-electron chi connectivity index (χ0n) is 64.2. The van der Waals surface area contributed by atoms with Crippen molar-refractivity contribution in [3.8, 4) is 0 Å². The summed E-state index contributed by atoms with van der Waals surface area (Å²) in [6.07, 6.45) is 17.2. The summed E-state index contributed by atoms with van der Waals surface area (Å²) in [6, 6.07) is -2.11. The van der Waals surface area contributed by atoms with Crippen LogP contribution >= 0.6 is 46.2 Å². The number of aryl methyl sites for hydroxylation is 1. The van der Waals surface area contributed by atoms with Crippen LogP contribution in [0.2, 0.25) is 0 Å². The van der Waals surface area contributed by atoms with Gasteiger partial charge in [-0.3, -0.25) is 72.3 Å². The Morgan fingerprint density at radius 3 is 1.61 bits per heavy atom. The van der Waals surface area contributed by atoms with Crippen molar-refractivity contribution in [1.82, 2.24) is 35.8 Å². The fourth-order valence-corrected chi connectivity index (χ4v) is 16.3. The van der Waals surface area contributed by atoms with Crippen LogP contribution in [0.15, 0.2) is 31.6 Å². The van der Waals surface area contributed by atoms with E-state index in [2.05, 4.69) is 53.0 Å². The molecule has 2 saturated carbocycles. The molecule has 109 heavy (non-hydrogen) atoms. The Balaban J connectivity index is 0.000000538. The Bertz CT molecular complexity index is 3840. The summed E-state index contributed by atoms with van der Waals surface area (Å²) >= 11 is 5.30. The number of nitrogens with zero attached hydrogens (tertiary/aromatic N) is 5. The molecule has 3 aromatic heterocycles. The van der Waals surface area contributed by atoms with Gasteiger partial charge in [0.25, 0.3) is 17.9 Å². The number of aliphatic imine (C=N–C) groups is 2. The van der Waals surface area contributed by atoms with Crippen LogP contribution < -0.4 is 146 Å². The van der Waals surface area contributed by atoms with Gasteiger partial charge in [0.1, 0.15) is 38.0 Å². The van der Waals surface area contributed by atoms with Crippen LogP contribution in [0.5, 0.6) is 0 Å². The van der Waals surface area contributed by atoms with Crippen LogP contribution in [0.4, 0.5) is 0 Å². The number of aliphatic carboxylic acids is 2. The topological polar surface area (TPSA) is 484 Å². The van der Waals surface area contributed by atoms with E-state index in [-0.39, 0.29) is 233 Å². The first kappa shape index (κ1) is 96.4. The number of fused-ring (bicyclic) bond motifs is 2. The number of carbonyl (C=O) groups excluding carboxylic acids is 12. The molecule has 6 heterocycles. The molecule has 8 rings (SSSR count). The predicted molar refractivity (Wildman–Crippen MR) is 401 cm³/mol. The molecule has 36 heteroatoms. The van der Waals surface area contributed by atoms with Crippen LogP contribution in [0.25, 0.3) is 0 Å². The van der Waals surface area contributed by atoms with Gasteiger partial charge < -0.3 is 59.1 Å². The van der Waals surface area contributed by atoms with Crippen molar-refractivity contribution in [1.29, 1.82) is 0 Å². The molecular weight excluding hydrogens is 1540 g/mol. The second-order valence-corrected chi connectivity index (χ2v) is 32.0. The number of nitrogens with two attached hydrogens (primary N) is 2. The van der Waals surface area contributed by atoms with Crippen molar-refractivity contribution in [2.45, 2.75) is 269 Å². The van der Waals surface area contributed by atoms with Crippen LogP contribution in [0.1, 0.15) is 258 Å². The first-order valence-electron chi connectivity index (χ1n) is 36.7. The number of amides is 6. The van der Waals surface area contributed by atoms with Crippen molar-refractivity contribution in [2.24, 2.45) is 33.3 Å². The normalized spacial score (nSPS) is 16.8. The van der Waals surface area contributed by atoms with E-state index in [1.165, 1.54) is 97.2 Å². The van der Waals surface area contributed by atoms with E-state index in [0.29, 0.717) is 111 Å². The minimum absolute atomic E-state index is 0. The van der Waals surface area contributed by atoms with Gasteiger partial charge >= 0.3 is 115 Å². The number of carboxylic acids is 2. The molecule has 6 atom stereocenters. The summed E-state index contributed by atoms with van der Waals surface area (Å²) in [5.74, 6) is -6.26. The van der Waals surface area contributed by atoms with Gasteiger partial charge in [-0.15, -0.1) is 46.2 Å². The van der Waals surface area contributed by atoms with E-state index in [1.807, 2.05) is 13.8 Å². The van der Waals surface area contributed by atoms with Crippen LogP contribution in [0.3, 0.4) is 0 Å². The number of hydrogen-bond donors (Lipinski definition) is 8. The van der Waals surface area contributed by atoms with Crippen LogP contribution in [-0.2, 0) is 92.1 Å².